The number of imide groups is 1. The van der Waals surface area contributed by atoms with Crippen molar-refractivity contribution in [3.05, 3.63) is 0 Å². The van der Waals surface area contributed by atoms with Gasteiger partial charge in [0.05, 0.1) is 6.21 Å². The van der Waals surface area contributed by atoms with Crippen LogP contribution in [0.1, 0.15) is 32.6 Å². The Labute approximate surface area is 111 Å². The number of nitrogens with zero attached hydrogens (tertiary/aromatic N) is 1. The number of rotatable bonds is 6. The van der Waals surface area contributed by atoms with Gasteiger partial charge in [-0.1, -0.05) is 26.2 Å². The third-order valence-electron chi connectivity index (χ3n) is 2.60. The van der Waals surface area contributed by atoms with Gasteiger partial charge in [-0.2, -0.15) is 5.10 Å². The molecule has 0 aromatic heterocycles. The summed E-state index contributed by atoms with van der Waals surface area (Å²) in [5.74, 6) is -0.405. The Bertz CT molecular complexity index is 384. The molecule has 100 valence electrons. The highest BCUT2D eigenvalue weighted by Crippen LogP contribution is 2.17. The molecule has 1 fully saturated rings. The van der Waals surface area contributed by atoms with Crippen LogP contribution in [-0.4, -0.2) is 28.8 Å². The molecule has 1 aliphatic rings. The summed E-state index contributed by atoms with van der Waals surface area (Å²) >= 11 is 4.60. The second-order valence-corrected chi connectivity index (χ2v) is 4.51. The number of nitrogens with two attached hydrogens (primary N) is 1. The fourth-order valence-corrected chi connectivity index (χ4v) is 1.75. The number of carbonyl (C=O) groups excluding carboxylic acids is 2. The Morgan fingerprint density at radius 3 is 2.78 bits per heavy atom. The number of hydrazone groups is 1. The normalized spacial score (nSPS) is 22.9. The van der Waals surface area contributed by atoms with Crippen molar-refractivity contribution < 1.29 is 9.59 Å². The van der Waals surface area contributed by atoms with Gasteiger partial charge in [0.1, 0.15) is 0 Å². The average Bonchev–Trinajstić information content (AvgIpc) is 2.54. The van der Waals surface area contributed by atoms with Gasteiger partial charge in [-0.3, -0.25) is 15.5 Å². The fourth-order valence-electron chi connectivity index (χ4n) is 1.70. The Morgan fingerprint density at radius 1 is 1.56 bits per heavy atom. The third kappa shape index (κ3) is 3.66. The molecule has 0 aromatic carbocycles. The van der Waals surface area contributed by atoms with E-state index in [1.165, 1.54) is 6.21 Å². The molecule has 7 nitrogen and oxygen atoms in total. The van der Waals surface area contributed by atoms with E-state index in [1.807, 2.05) is 0 Å². The van der Waals surface area contributed by atoms with Crippen LogP contribution in [0.2, 0.25) is 0 Å². The van der Waals surface area contributed by atoms with Gasteiger partial charge >= 0.3 is 6.03 Å². The van der Waals surface area contributed by atoms with Gasteiger partial charge in [0.2, 0.25) is 0 Å². The Morgan fingerprint density at radius 2 is 2.28 bits per heavy atom. The van der Waals surface area contributed by atoms with Crippen molar-refractivity contribution >= 4 is 35.5 Å². The van der Waals surface area contributed by atoms with Crippen LogP contribution < -0.4 is 21.8 Å². The molecule has 1 rings (SSSR count). The molecule has 1 saturated heterocycles. The van der Waals surface area contributed by atoms with E-state index in [9.17, 15) is 9.59 Å². The minimum atomic E-state index is -1.11. The van der Waals surface area contributed by atoms with Gasteiger partial charge in [-0.15, -0.1) is 0 Å². The van der Waals surface area contributed by atoms with E-state index in [-0.39, 0.29) is 5.11 Å². The first kappa shape index (κ1) is 14.4. The lowest BCUT2D eigenvalue weighted by Gasteiger charge is -2.20. The topological polar surface area (TPSA) is 109 Å². The molecule has 0 radical (unpaired) electrons. The van der Waals surface area contributed by atoms with Crippen LogP contribution in [0.25, 0.3) is 0 Å². The summed E-state index contributed by atoms with van der Waals surface area (Å²) in [5, 5.41) is 8.55. The Hall–Kier alpha value is -1.70. The van der Waals surface area contributed by atoms with Gasteiger partial charge in [0, 0.05) is 0 Å². The van der Waals surface area contributed by atoms with E-state index in [0.29, 0.717) is 6.42 Å². The smallest absolute Gasteiger partial charge is 0.322 e. The standard InChI is InChI=1S/C10H17N5O2S/c1-2-3-4-5-10(6-12-15-8(11)18)7(16)13-9(17)14-10/h6H,2-5H2,1H3,(H3,11,15,18)(H2,13,14,16,17)/b12-6-/t10-/m0/s1. The summed E-state index contributed by atoms with van der Waals surface area (Å²) in [5.41, 5.74) is 6.49. The van der Waals surface area contributed by atoms with Gasteiger partial charge in [0.15, 0.2) is 10.7 Å². The lowest BCUT2D eigenvalue weighted by Crippen LogP contribution is -2.49. The van der Waals surface area contributed by atoms with Crippen LogP contribution >= 0.6 is 12.2 Å². The van der Waals surface area contributed by atoms with Crippen molar-refractivity contribution in [1.82, 2.24) is 16.1 Å². The van der Waals surface area contributed by atoms with Crippen LogP contribution in [0.15, 0.2) is 5.10 Å². The maximum atomic E-state index is 11.8. The summed E-state index contributed by atoms with van der Waals surface area (Å²) in [6, 6.07) is -0.515. The van der Waals surface area contributed by atoms with Crippen molar-refractivity contribution in [2.24, 2.45) is 10.8 Å². The average molecular weight is 271 g/mol. The van der Waals surface area contributed by atoms with Gasteiger partial charge in [-0.05, 0) is 18.6 Å². The quantitative estimate of drug-likeness (QED) is 0.178. The highest BCUT2D eigenvalue weighted by atomic mass is 32.1. The molecule has 8 heteroatoms. The van der Waals surface area contributed by atoms with Crippen LogP contribution in [-0.2, 0) is 4.79 Å². The summed E-state index contributed by atoms with van der Waals surface area (Å²) < 4.78 is 0. The molecule has 0 aliphatic carbocycles. The molecule has 0 aromatic rings. The van der Waals surface area contributed by atoms with Crippen LogP contribution in [0, 0.1) is 0 Å². The second kappa shape index (κ2) is 6.29. The zero-order chi connectivity index (χ0) is 13.6. The zero-order valence-corrected chi connectivity index (χ0v) is 11.0. The highest BCUT2D eigenvalue weighted by Gasteiger charge is 2.44. The Balaban J connectivity index is 2.74. The van der Waals surface area contributed by atoms with Crippen molar-refractivity contribution in [3.63, 3.8) is 0 Å². The lowest BCUT2D eigenvalue weighted by molar-refractivity contribution is -0.121. The number of carbonyl (C=O) groups is 2. The summed E-state index contributed by atoms with van der Waals surface area (Å²) in [7, 11) is 0. The molecule has 5 N–H and O–H groups in total. The predicted molar refractivity (Wildman–Crippen MR) is 72.0 cm³/mol. The molecule has 18 heavy (non-hydrogen) atoms. The van der Waals surface area contributed by atoms with Gasteiger partial charge in [0.25, 0.3) is 5.91 Å². The molecular weight excluding hydrogens is 254 g/mol. The van der Waals surface area contributed by atoms with E-state index in [4.69, 9.17) is 5.73 Å². The van der Waals surface area contributed by atoms with Crippen molar-refractivity contribution in [1.29, 1.82) is 0 Å². The Kier molecular flexibility index (Phi) is 5.02. The first-order chi connectivity index (χ1) is 8.50. The molecule has 1 aliphatic heterocycles. The maximum Gasteiger partial charge on any atom is 0.322 e. The van der Waals surface area contributed by atoms with E-state index in [2.05, 4.69) is 40.3 Å². The second-order valence-electron chi connectivity index (χ2n) is 4.07. The van der Waals surface area contributed by atoms with Crippen LogP contribution in [0.4, 0.5) is 4.79 Å². The fraction of sp³-hybridized carbons (Fsp3) is 0.600. The third-order valence-corrected chi connectivity index (χ3v) is 2.69. The van der Waals surface area contributed by atoms with E-state index in [1.54, 1.807) is 0 Å². The van der Waals surface area contributed by atoms with Crippen molar-refractivity contribution in [2.45, 2.75) is 38.1 Å². The van der Waals surface area contributed by atoms with Crippen molar-refractivity contribution in [2.75, 3.05) is 0 Å². The number of hydrogen-bond acceptors (Lipinski definition) is 4. The van der Waals surface area contributed by atoms with E-state index < -0.39 is 17.5 Å². The molecule has 0 saturated carbocycles. The van der Waals surface area contributed by atoms with Crippen molar-refractivity contribution in [3.8, 4) is 0 Å². The maximum absolute atomic E-state index is 11.8. The van der Waals surface area contributed by atoms with E-state index >= 15 is 0 Å². The molecule has 3 amide bonds. The number of amides is 3. The number of unbranched alkanes of at least 4 members (excludes halogenated alkanes) is 2. The van der Waals surface area contributed by atoms with Gasteiger partial charge in [-0.25, -0.2) is 4.79 Å². The number of urea groups is 1. The zero-order valence-electron chi connectivity index (χ0n) is 10.2. The number of thiocarbonyl (C=S) groups is 1. The number of nitrogens with one attached hydrogen (secondary N) is 3. The molecule has 0 bridgehead atoms. The minimum absolute atomic E-state index is 0.000287. The largest absolute Gasteiger partial charge is 0.375 e. The van der Waals surface area contributed by atoms with E-state index in [0.717, 1.165) is 19.3 Å². The van der Waals surface area contributed by atoms with Gasteiger partial charge < -0.3 is 11.1 Å². The highest BCUT2D eigenvalue weighted by molar-refractivity contribution is 7.80. The summed E-state index contributed by atoms with van der Waals surface area (Å²) in [4.78, 5) is 23.0. The molecule has 1 atom stereocenters. The van der Waals surface area contributed by atoms with Crippen LogP contribution in [0.3, 0.4) is 0 Å². The SMILES string of the molecule is CCCCC[C@@]1(/C=N\NC(N)=S)NC(=O)NC1=O. The molecule has 0 unspecified atom stereocenters. The summed E-state index contributed by atoms with van der Waals surface area (Å²) in [6.45, 7) is 2.06. The lowest BCUT2D eigenvalue weighted by atomic mass is 9.94. The predicted octanol–water partition coefficient (Wildman–Crippen LogP) is -0.0361. The first-order valence-corrected chi connectivity index (χ1v) is 6.14. The molecule has 0 spiro atoms. The summed E-state index contributed by atoms with van der Waals surface area (Å²) in [6.07, 6.45) is 4.63. The molecule has 1 heterocycles. The number of hydrogen-bond donors (Lipinski definition) is 4. The monoisotopic (exact) mass is 271 g/mol. The first-order valence-electron chi connectivity index (χ1n) is 5.73. The molecular formula is C10H17N5O2S. The minimum Gasteiger partial charge on any atom is -0.375 e. The van der Waals surface area contributed by atoms with Crippen LogP contribution in [0.5, 0.6) is 0 Å².